The van der Waals surface area contributed by atoms with Gasteiger partial charge in [0.1, 0.15) is 0 Å². The van der Waals surface area contributed by atoms with Crippen molar-refractivity contribution in [2.75, 3.05) is 0 Å². The quantitative estimate of drug-likeness (QED) is 0.575. The first-order chi connectivity index (χ1) is 8.66. The summed E-state index contributed by atoms with van der Waals surface area (Å²) in [7, 11) is 0. The molecule has 0 N–H and O–H groups in total. The third-order valence-corrected chi connectivity index (χ3v) is 3.56. The molecule has 0 aliphatic carbocycles. The Bertz CT molecular complexity index is 816. The molecule has 0 aliphatic heterocycles. The molecular weight excluding hydrogens is 220 g/mol. The highest BCUT2D eigenvalue weighted by Gasteiger charge is 2.03. The van der Waals surface area contributed by atoms with Crippen molar-refractivity contribution in [3.8, 4) is 0 Å². The molecule has 0 amide bonds. The van der Waals surface area contributed by atoms with Crippen LogP contribution in [0.4, 0.5) is 0 Å². The van der Waals surface area contributed by atoms with E-state index in [2.05, 4.69) is 13.0 Å². The standard InChI is InChI=1S/C17H14O/c1-11-9-14-8-7-13-5-3-4-6-15(13)17(18)16(14)10-12(11)2/h3-10H,1-2H3. The van der Waals surface area contributed by atoms with Gasteiger partial charge in [-0.2, -0.15) is 0 Å². The molecular formula is C17H14O. The second-order valence-corrected chi connectivity index (χ2v) is 4.77. The summed E-state index contributed by atoms with van der Waals surface area (Å²) in [6.45, 7) is 4.12. The molecule has 88 valence electrons. The normalized spacial score (nSPS) is 11.0. The maximum atomic E-state index is 12.6. The van der Waals surface area contributed by atoms with Crippen LogP contribution in [-0.2, 0) is 0 Å². The summed E-state index contributed by atoms with van der Waals surface area (Å²) in [6, 6.07) is 15.9. The lowest BCUT2D eigenvalue weighted by molar-refractivity contribution is 1.37. The zero-order valence-electron chi connectivity index (χ0n) is 10.5. The molecule has 1 heteroatoms. The van der Waals surface area contributed by atoms with Gasteiger partial charge in [-0.3, -0.25) is 4.79 Å². The topological polar surface area (TPSA) is 17.1 Å². The second kappa shape index (κ2) is 3.95. The molecule has 0 saturated carbocycles. The van der Waals surface area contributed by atoms with Gasteiger partial charge in [-0.25, -0.2) is 0 Å². The summed E-state index contributed by atoms with van der Waals surface area (Å²) >= 11 is 0. The lowest BCUT2D eigenvalue weighted by Gasteiger charge is -2.00. The predicted molar refractivity (Wildman–Crippen MR) is 77.2 cm³/mol. The number of fused-ring (bicyclic) bond motifs is 2. The van der Waals surface area contributed by atoms with E-state index in [0.29, 0.717) is 0 Å². The first-order valence-electron chi connectivity index (χ1n) is 6.10. The van der Waals surface area contributed by atoms with Crippen molar-refractivity contribution in [2.45, 2.75) is 13.8 Å². The number of aryl methyl sites for hydroxylation is 2. The molecule has 18 heavy (non-hydrogen) atoms. The molecule has 0 aromatic heterocycles. The fourth-order valence-corrected chi connectivity index (χ4v) is 2.35. The van der Waals surface area contributed by atoms with Gasteiger partial charge in [0.15, 0.2) is 5.43 Å². The molecule has 0 bridgehead atoms. The van der Waals surface area contributed by atoms with E-state index in [1.165, 1.54) is 5.56 Å². The lowest BCUT2D eigenvalue weighted by Crippen LogP contribution is -1.99. The molecule has 0 heterocycles. The molecule has 0 aliphatic rings. The van der Waals surface area contributed by atoms with Crippen molar-refractivity contribution in [1.82, 2.24) is 0 Å². The van der Waals surface area contributed by atoms with Crippen molar-refractivity contribution in [1.29, 1.82) is 0 Å². The average Bonchev–Trinajstić information content (AvgIpc) is 2.51. The van der Waals surface area contributed by atoms with E-state index < -0.39 is 0 Å². The zero-order chi connectivity index (χ0) is 12.7. The van der Waals surface area contributed by atoms with E-state index in [4.69, 9.17) is 0 Å². The summed E-state index contributed by atoms with van der Waals surface area (Å²) < 4.78 is 0. The highest BCUT2D eigenvalue weighted by molar-refractivity contribution is 5.93. The highest BCUT2D eigenvalue weighted by Crippen LogP contribution is 2.19. The molecule has 3 rings (SSSR count). The SMILES string of the molecule is Cc1cc2ccc3ccccc3c(=O)c2cc1C. The van der Waals surface area contributed by atoms with E-state index in [9.17, 15) is 4.79 Å². The van der Waals surface area contributed by atoms with Gasteiger partial charge in [0, 0.05) is 10.8 Å². The fraction of sp³-hybridized carbons (Fsp3) is 0.118. The molecule has 1 nitrogen and oxygen atoms in total. The minimum atomic E-state index is 0.119. The first kappa shape index (κ1) is 11.0. The lowest BCUT2D eigenvalue weighted by atomic mass is 10.0. The van der Waals surface area contributed by atoms with Crippen molar-refractivity contribution >= 4 is 21.5 Å². The van der Waals surface area contributed by atoms with Crippen LogP contribution in [0.1, 0.15) is 11.1 Å². The second-order valence-electron chi connectivity index (χ2n) is 4.77. The van der Waals surface area contributed by atoms with E-state index >= 15 is 0 Å². The molecule has 0 radical (unpaired) electrons. The van der Waals surface area contributed by atoms with Crippen molar-refractivity contribution < 1.29 is 0 Å². The smallest absolute Gasteiger partial charge is 0.194 e. The number of benzene rings is 2. The molecule has 3 aromatic carbocycles. The zero-order valence-corrected chi connectivity index (χ0v) is 10.5. The Morgan fingerprint density at radius 2 is 1.39 bits per heavy atom. The van der Waals surface area contributed by atoms with Gasteiger partial charge in [0.25, 0.3) is 0 Å². The molecule has 3 aromatic rings. The van der Waals surface area contributed by atoms with Gasteiger partial charge in [0.05, 0.1) is 0 Å². The molecule has 0 fully saturated rings. The van der Waals surface area contributed by atoms with Crippen LogP contribution in [0.3, 0.4) is 0 Å². The minimum absolute atomic E-state index is 0.119. The van der Waals surface area contributed by atoms with Gasteiger partial charge in [-0.15, -0.1) is 0 Å². The van der Waals surface area contributed by atoms with Crippen molar-refractivity contribution in [3.05, 3.63) is 69.9 Å². The van der Waals surface area contributed by atoms with Crippen LogP contribution in [0.2, 0.25) is 0 Å². The molecule has 0 saturated heterocycles. The van der Waals surface area contributed by atoms with Gasteiger partial charge in [-0.05, 0) is 41.8 Å². The molecule has 0 spiro atoms. The van der Waals surface area contributed by atoms with E-state index in [1.807, 2.05) is 49.4 Å². The predicted octanol–water partition coefficient (Wildman–Crippen LogP) is 3.97. The van der Waals surface area contributed by atoms with Crippen LogP contribution in [0, 0.1) is 13.8 Å². The summed E-state index contributed by atoms with van der Waals surface area (Å²) in [6.07, 6.45) is 0. The Balaban J connectivity index is 2.63. The van der Waals surface area contributed by atoms with Gasteiger partial charge >= 0.3 is 0 Å². The number of rotatable bonds is 0. The number of hydrogen-bond acceptors (Lipinski definition) is 1. The highest BCUT2D eigenvalue weighted by atomic mass is 16.1. The maximum Gasteiger partial charge on any atom is 0.194 e. The van der Waals surface area contributed by atoms with E-state index in [0.717, 1.165) is 27.1 Å². The number of hydrogen-bond donors (Lipinski definition) is 0. The van der Waals surface area contributed by atoms with Crippen LogP contribution in [0.25, 0.3) is 21.5 Å². The summed E-state index contributed by atoms with van der Waals surface area (Å²) in [5, 5.41) is 3.60. The van der Waals surface area contributed by atoms with Crippen LogP contribution >= 0.6 is 0 Å². The Kier molecular flexibility index (Phi) is 2.41. The fourth-order valence-electron chi connectivity index (χ4n) is 2.35. The van der Waals surface area contributed by atoms with Gasteiger partial charge in [0.2, 0.25) is 0 Å². The minimum Gasteiger partial charge on any atom is -0.289 e. The summed E-state index contributed by atoms with van der Waals surface area (Å²) in [4.78, 5) is 12.6. The molecule has 0 atom stereocenters. The van der Waals surface area contributed by atoms with Gasteiger partial charge < -0.3 is 0 Å². The van der Waals surface area contributed by atoms with E-state index in [1.54, 1.807) is 0 Å². The van der Waals surface area contributed by atoms with Crippen molar-refractivity contribution in [3.63, 3.8) is 0 Å². The maximum absolute atomic E-state index is 12.6. The van der Waals surface area contributed by atoms with Crippen LogP contribution in [0.15, 0.2) is 53.3 Å². The van der Waals surface area contributed by atoms with Gasteiger partial charge in [-0.1, -0.05) is 42.5 Å². The Morgan fingerprint density at radius 1 is 0.722 bits per heavy atom. The van der Waals surface area contributed by atoms with Crippen LogP contribution < -0.4 is 5.43 Å². The summed E-state index contributed by atoms with van der Waals surface area (Å²) in [5.41, 5.74) is 2.50. The molecule has 0 unspecified atom stereocenters. The van der Waals surface area contributed by atoms with Crippen LogP contribution in [0.5, 0.6) is 0 Å². The monoisotopic (exact) mass is 234 g/mol. The van der Waals surface area contributed by atoms with Crippen LogP contribution in [-0.4, -0.2) is 0 Å². The first-order valence-corrected chi connectivity index (χ1v) is 6.10. The third kappa shape index (κ3) is 1.60. The Hall–Kier alpha value is -2.15. The largest absolute Gasteiger partial charge is 0.289 e. The summed E-state index contributed by atoms with van der Waals surface area (Å²) in [5.74, 6) is 0. The van der Waals surface area contributed by atoms with Crippen molar-refractivity contribution in [2.24, 2.45) is 0 Å². The Labute approximate surface area is 106 Å². The average molecular weight is 234 g/mol. The van der Waals surface area contributed by atoms with E-state index in [-0.39, 0.29) is 5.43 Å². The third-order valence-electron chi connectivity index (χ3n) is 3.56. The Morgan fingerprint density at radius 3 is 2.22 bits per heavy atom.